The first-order valence-electron chi connectivity index (χ1n) is 12.8. The molecule has 2 atom stereocenters. The molecular weight excluding hydrogens is 454 g/mol. The summed E-state index contributed by atoms with van der Waals surface area (Å²) < 4.78 is 12.1. The topological polar surface area (TPSA) is 84.8 Å². The van der Waals surface area contributed by atoms with Crippen LogP contribution in [0.4, 0.5) is 5.95 Å². The zero-order valence-corrected chi connectivity index (χ0v) is 20.8. The molecule has 1 saturated heterocycles. The SMILES string of the molecule is Cc1nc(N2CCCC2)nc(C)c1-c1cccc2c1OC[C@H]2Cc1ccc2c(c1)OC[C@H]2CC(=O)O. The number of rotatable bonds is 6. The number of aryl methyl sites for hydroxylation is 2. The van der Waals surface area contributed by atoms with Crippen LogP contribution < -0.4 is 14.4 Å². The molecule has 1 fully saturated rings. The van der Waals surface area contributed by atoms with E-state index in [9.17, 15) is 4.79 Å². The Balaban J connectivity index is 1.26. The Kier molecular flexibility index (Phi) is 5.78. The molecule has 1 N–H and O–H groups in total. The molecule has 3 aromatic rings. The van der Waals surface area contributed by atoms with E-state index >= 15 is 0 Å². The molecule has 2 aromatic carbocycles. The zero-order chi connectivity index (χ0) is 24.8. The Labute approximate surface area is 211 Å². The Hall–Kier alpha value is -3.61. The summed E-state index contributed by atoms with van der Waals surface area (Å²) >= 11 is 0. The minimum absolute atomic E-state index is 0.0739. The summed E-state index contributed by atoms with van der Waals surface area (Å²) in [6.45, 7) is 7.24. The van der Waals surface area contributed by atoms with E-state index in [-0.39, 0.29) is 18.3 Å². The van der Waals surface area contributed by atoms with Crippen LogP contribution in [0.1, 0.15) is 59.2 Å². The molecule has 4 heterocycles. The summed E-state index contributed by atoms with van der Waals surface area (Å²) in [6, 6.07) is 12.6. The van der Waals surface area contributed by atoms with Crippen molar-refractivity contribution < 1.29 is 19.4 Å². The van der Waals surface area contributed by atoms with Crippen LogP contribution in [0.15, 0.2) is 36.4 Å². The summed E-state index contributed by atoms with van der Waals surface area (Å²) in [6.07, 6.45) is 3.33. The van der Waals surface area contributed by atoms with Gasteiger partial charge in [0.05, 0.1) is 31.0 Å². The number of benzene rings is 2. The average molecular weight is 486 g/mol. The largest absolute Gasteiger partial charge is 0.493 e. The molecule has 0 radical (unpaired) electrons. The van der Waals surface area contributed by atoms with Crippen LogP contribution in [0, 0.1) is 13.8 Å². The second-order valence-corrected chi connectivity index (χ2v) is 10.2. The normalized spacial score (nSPS) is 20.1. The van der Waals surface area contributed by atoms with Gasteiger partial charge in [0, 0.05) is 47.2 Å². The maximum Gasteiger partial charge on any atom is 0.304 e. The predicted octanol–water partition coefficient (Wildman–Crippen LogP) is 5.03. The lowest BCUT2D eigenvalue weighted by atomic mass is 9.89. The predicted molar refractivity (Wildman–Crippen MR) is 137 cm³/mol. The van der Waals surface area contributed by atoms with Crippen molar-refractivity contribution >= 4 is 11.9 Å². The first kappa shape index (κ1) is 22.8. The fourth-order valence-corrected chi connectivity index (χ4v) is 5.94. The van der Waals surface area contributed by atoms with Crippen molar-refractivity contribution in [2.24, 2.45) is 0 Å². The van der Waals surface area contributed by atoms with Crippen molar-refractivity contribution in [3.05, 3.63) is 64.5 Å². The number of nitrogens with zero attached hydrogens (tertiary/aromatic N) is 3. The van der Waals surface area contributed by atoms with Gasteiger partial charge in [0.15, 0.2) is 0 Å². The van der Waals surface area contributed by atoms with Crippen molar-refractivity contribution in [3.8, 4) is 22.6 Å². The molecule has 0 saturated carbocycles. The lowest BCUT2D eigenvalue weighted by Gasteiger charge is -2.19. The number of para-hydroxylation sites is 1. The van der Waals surface area contributed by atoms with Gasteiger partial charge in [-0.1, -0.05) is 30.3 Å². The number of hydrogen-bond acceptors (Lipinski definition) is 6. The Morgan fingerprint density at radius 2 is 1.75 bits per heavy atom. The molecule has 7 heteroatoms. The molecule has 0 bridgehead atoms. The molecule has 3 aliphatic rings. The van der Waals surface area contributed by atoms with E-state index in [0.29, 0.717) is 13.2 Å². The van der Waals surface area contributed by atoms with E-state index < -0.39 is 5.97 Å². The van der Waals surface area contributed by atoms with Gasteiger partial charge in [-0.15, -0.1) is 0 Å². The van der Waals surface area contributed by atoms with Gasteiger partial charge in [0.25, 0.3) is 0 Å². The Morgan fingerprint density at radius 1 is 1.00 bits per heavy atom. The van der Waals surface area contributed by atoms with Gasteiger partial charge in [-0.05, 0) is 44.7 Å². The lowest BCUT2D eigenvalue weighted by molar-refractivity contribution is -0.137. The van der Waals surface area contributed by atoms with Crippen molar-refractivity contribution in [2.45, 2.75) is 51.4 Å². The standard InChI is InChI=1S/C29H31N3O4/c1-17-27(18(2)31-29(30-17)32-10-3-4-11-32)24-7-5-6-23-20(16-36-28(23)24)12-19-8-9-22-21(14-26(33)34)15-35-25(22)13-19/h5-9,13,20-21H,3-4,10-12,14-16H2,1-2H3,(H,33,34)/t20-,21-/m1/s1. The lowest BCUT2D eigenvalue weighted by Crippen LogP contribution is -2.21. The molecule has 3 aliphatic heterocycles. The molecule has 0 aliphatic carbocycles. The van der Waals surface area contributed by atoms with Crippen molar-refractivity contribution in [2.75, 3.05) is 31.2 Å². The molecular formula is C29H31N3O4. The summed E-state index contributed by atoms with van der Waals surface area (Å²) in [5.41, 5.74) is 7.46. The highest BCUT2D eigenvalue weighted by Crippen LogP contribution is 2.45. The number of carboxylic acids is 1. The van der Waals surface area contributed by atoms with Gasteiger partial charge in [-0.2, -0.15) is 0 Å². The second kappa shape index (κ2) is 9.12. The molecule has 186 valence electrons. The van der Waals surface area contributed by atoms with Gasteiger partial charge in [0.2, 0.25) is 5.95 Å². The van der Waals surface area contributed by atoms with E-state index in [1.165, 1.54) is 24.0 Å². The summed E-state index contributed by atoms with van der Waals surface area (Å²) in [4.78, 5) is 23.2. The van der Waals surface area contributed by atoms with Crippen LogP contribution in [0.5, 0.6) is 11.5 Å². The summed E-state index contributed by atoms with van der Waals surface area (Å²) in [7, 11) is 0. The number of carboxylic acid groups (broad SMARTS) is 1. The minimum atomic E-state index is -0.794. The maximum atomic E-state index is 11.1. The van der Waals surface area contributed by atoms with Gasteiger partial charge in [-0.25, -0.2) is 9.97 Å². The van der Waals surface area contributed by atoms with Crippen LogP contribution >= 0.6 is 0 Å². The quantitative estimate of drug-likeness (QED) is 0.524. The smallest absolute Gasteiger partial charge is 0.304 e. The summed E-state index contributed by atoms with van der Waals surface area (Å²) in [5.74, 6) is 1.95. The number of fused-ring (bicyclic) bond motifs is 2. The highest BCUT2D eigenvalue weighted by molar-refractivity contribution is 5.77. The first-order chi connectivity index (χ1) is 17.5. The molecule has 1 aromatic heterocycles. The third kappa shape index (κ3) is 4.06. The van der Waals surface area contributed by atoms with Crippen LogP contribution in [0.3, 0.4) is 0 Å². The number of ether oxygens (including phenoxy) is 2. The number of hydrogen-bond donors (Lipinski definition) is 1. The molecule has 7 nitrogen and oxygen atoms in total. The van der Waals surface area contributed by atoms with E-state index in [0.717, 1.165) is 65.0 Å². The first-order valence-corrected chi connectivity index (χ1v) is 12.8. The fourth-order valence-electron chi connectivity index (χ4n) is 5.94. The van der Waals surface area contributed by atoms with Crippen LogP contribution in [-0.2, 0) is 11.2 Å². The van der Waals surface area contributed by atoms with Gasteiger partial charge >= 0.3 is 5.97 Å². The Morgan fingerprint density at radius 3 is 2.50 bits per heavy atom. The highest BCUT2D eigenvalue weighted by atomic mass is 16.5. The molecule has 0 amide bonds. The maximum absolute atomic E-state index is 11.1. The second-order valence-electron chi connectivity index (χ2n) is 10.2. The molecule has 0 unspecified atom stereocenters. The van der Waals surface area contributed by atoms with E-state index in [1.807, 2.05) is 6.07 Å². The van der Waals surface area contributed by atoms with Gasteiger partial charge in [0.1, 0.15) is 11.5 Å². The monoisotopic (exact) mass is 485 g/mol. The average Bonchev–Trinajstić information content (AvgIpc) is 3.60. The van der Waals surface area contributed by atoms with Crippen molar-refractivity contribution in [1.82, 2.24) is 9.97 Å². The van der Waals surface area contributed by atoms with Gasteiger partial charge < -0.3 is 19.5 Å². The van der Waals surface area contributed by atoms with Crippen LogP contribution in [0.2, 0.25) is 0 Å². The number of anilines is 1. The summed E-state index contributed by atoms with van der Waals surface area (Å²) in [5, 5.41) is 9.16. The van der Waals surface area contributed by atoms with E-state index in [4.69, 9.17) is 24.5 Å². The molecule has 0 spiro atoms. The van der Waals surface area contributed by atoms with Crippen LogP contribution in [0.25, 0.3) is 11.1 Å². The number of aliphatic carboxylic acids is 1. The fraction of sp³-hybridized carbons (Fsp3) is 0.414. The van der Waals surface area contributed by atoms with Crippen molar-refractivity contribution in [3.63, 3.8) is 0 Å². The van der Waals surface area contributed by atoms with E-state index in [2.05, 4.69) is 49.1 Å². The van der Waals surface area contributed by atoms with Crippen LogP contribution in [-0.4, -0.2) is 47.3 Å². The van der Waals surface area contributed by atoms with Crippen molar-refractivity contribution in [1.29, 1.82) is 0 Å². The number of carbonyl (C=O) groups is 1. The molecule has 36 heavy (non-hydrogen) atoms. The molecule has 6 rings (SSSR count). The van der Waals surface area contributed by atoms with E-state index in [1.54, 1.807) is 0 Å². The zero-order valence-electron chi connectivity index (χ0n) is 20.8. The van der Waals surface area contributed by atoms with Gasteiger partial charge in [-0.3, -0.25) is 4.79 Å². The minimum Gasteiger partial charge on any atom is -0.493 e. The number of aromatic nitrogens is 2. The third-order valence-electron chi connectivity index (χ3n) is 7.69. The Bertz CT molecular complexity index is 1310. The third-order valence-corrected chi connectivity index (χ3v) is 7.69. The highest BCUT2D eigenvalue weighted by Gasteiger charge is 2.30.